The van der Waals surface area contributed by atoms with Crippen LogP contribution in [0.3, 0.4) is 0 Å². The van der Waals surface area contributed by atoms with Crippen LogP contribution in [0.4, 0.5) is 5.82 Å². The standard InChI is InChI=1S/C13H19BrN2O/c1-10-8-11(14)9-16-13(10)15-6-5-12-4-2-3-7-17-12/h8-9,12H,2-7H2,1H3,(H,15,16). The van der Waals surface area contributed by atoms with E-state index >= 15 is 0 Å². The monoisotopic (exact) mass is 298 g/mol. The summed E-state index contributed by atoms with van der Waals surface area (Å²) in [6.07, 6.45) is 7.06. The highest BCUT2D eigenvalue weighted by atomic mass is 79.9. The maximum Gasteiger partial charge on any atom is 0.128 e. The third kappa shape index (κ3) is 3.96. The number of aryl methyl sites for hydroxylation is 1. The quantitative estimate of drug-likeness (QED) is 0.923. The summed E-state index contributed by atoms with van der Waals surface area (Å²) in [5, 5.41) is 3.38. The molecule has 1 aromatic heterocycles. The Morgan fingerprint density at radius 2 is 2.41 bits per heavy atom. The van der Waals surface area contributed by atoms with Crippen molar-refractivity contribution in [3.63, 3.8) is 0 Å². The summed E-state index contributed by atoms with van der Waals surface area (Å²) in [4.78, 5) is 4.36. The van der Waals surface area contributed by atoms with E-state index in [-0.39, 0.29) is 0 Å². The van der Waals surface area contributed by atoms with Gasteiger partial charge in [0.1, 0.15) is 5.82 Å². The lowest BCUT2D eigenvalue weighted by atomic mass is 10.1. The van der Waals surface area contributed by atoms with Gasteiger partial charge in [-0.05, 0) is 60.2 Å². The molecule has 0 bridgehead atoms. The first-order chi connectivity index (χ1) is 8.25. The first-order valence-electron chi connectivity index (χ1n) is 6.23. The first kappa shape index (κ1) is 12.8. The number of nitrogens with one attached hydrogen (secondary N) is 1. The summed E-state index contributed by atoms with van der Waals surface area (Å²) in [6, 6.07) is 2.08. The van der Waals surface area contributed by atoms with Crippen LogP contribution in [0.25, 0.3) is 0 Å². The van der Waals surface area contributed by atoms with Crippen molar-refractivity contribution < 1.29 is 4.74 Å². The number of hydrogen-bond acceptors (Lipinski definition) is 3. The van der Waals surface area contributed by atoms with E-state index < -0.39 is 0 Å². The molecule has 0 aromatic carbocycles. The van der Waals surface area contributed by atoms with Gasteiger partial charge in [-0.2, -0.15) is 0 Å². The molecular weight excluding hydrogens is 280 g/mol. The SMILES string of the molecule is Cc1cc(Br)cnc1NCCC1CCCCO1. The second-order valence-electron chi connectivity index (χ2n) is 4.52. The number of aromatic nitrogens is 1. The van der Waals surface area contributed by atoms with Gasteiger partial charge in [0, 0.05) is 23.8 Å². The van der Waals surface area contributed by atoms with Crippen LogP contribution in [0.2, 0.25) is 0 Å². The average molecular weight is 299 g/mol. The molecule has 1 aliphatic rings. The van der Waals surface area contributed by atoms with Gasteiger partial charge in [0.05, 0.1) is 6.10 Å². The number of hydrogen-bond donors (Lipinski definition) is 1. The van der Waals surface area contributed by atoms with Crippen LogP contribution in [0.5, 0.6) is 0 Å². The minimum atomic E-state index is 0.437. The van der Waals surface area contributed by atoms with Gasteiger partial charge in [-0.15, -0.1) is 0 Å². The molecule has 4 heteroatoms. The molecule has 0 amide bonds. The van der Waals surface area contributed by atoms with Gasteiger partial charge in [-0.25, -0.2) is 4.98 Å². The van der Waals surface area contributed by atoms with E-state index in [0.29, 0.717) is 6.10 Å². The Bertz CT molecular complexity index is 364. The fourth-order valence-electron chi connectivity index (χ4n) is 2.11. The van der Waals surface area contributed by atoms with Crippen LogP contribution in [-0.2, 0) is 4.74 Å². The molecule has 1 N–H and O–H groups in total. The lowest BCUT2D eigenvalue weighted by molar-refractivity contribution is 0.0134. The summed E-state index contributed by atoms with van der Waals surface area (Å²) < 4.78 is 6.72. The van der Waals surface area contributed by atoms with Crippen molar-refractivity contribution in [2.45, 2.75) is 38.7 Å². The number of pyridine rings is 1. The molecule has 1 saturated heterocycles. The molecule has 1 fully saturated rings. The average Bonchev–Trinajstić information content (AvgIpc) is 2.33. The van der Waals surface area contributed by atoms with E-state index in [9.17, 15) is 0 Å². The topological polar surface area (TPSA) is 34.2 Å². The highest BCUT2D eigenvalue weighted by Crippen LogP contribution is 2.18. The molecule has 0 spiro atoms. The molecular formula is C13H19BrN2O. The van der Waals surface area contributed by atoms with Gasteiger partial charge in [0.15, 0.2) is 0 Å². The summed E-state index contributed by atoms with van der Waals surface area (Å²) in [5.41, 5.74) is 1.17. The molecule has 2 heterocycles. The predicted molar refractivity (Wildman–Crippen MR) is 73.4 cm³/mol. The minimum Gasteiger partial charge on any atom is -0.378 e. The van der Waals surface area contributed by atoms with Gasteiger partial charge >= 0.3 is 0 Å². The van der Waals surface area contributed by atoms with Crippen LogP contribution in [0, 0.1) is 6.92 Å². The van der Waals surface area contributed by atoms with Crippen LogP contribution in [-0.4, -0.2) is 24.2 Å². The van der Waals surface area contributed by atoms with Crippen LogP contribution in [0.1, 0.15) is 31.2 Å². The third-order valence-electron chi connectivity index (χ3n) is 3.08. The maximum atomic E-state index is 5.70. The molecule has 1 aromatic rings. The van der Waals surface area contributed by atoms with E-state index in [1.165, 1.54) is 24.8 Å². The Labute approximate surface area is 111 Å². The lowest BCUT2D eigenvalue weighted by Crippen LogP contribution is -2.22. The fourth-order valence-corrected chi connectivity index (χ4v) is 2.56. The molecule has 1 aliphatic heterocycles. The lowest BCUT2D eigenvalue weighted by Gasteiger charge is -2.22. The second kappa shape index (κ2) is 6.36. The van der Waals surface area contributed by atoms with Gasteiger partial charge in [-0.1, -0.05) is 0 Å². The summed E-state index contributed by atoms with van der Waals surface area (Å²) >= 11 is 3.42. The van der Waals surface area contributed by atoms with Crippen molar-refractivity contribution in [3.8, 4) is 0 Å². The van der Waals surface area contributed by atoms with Gasteiger partial charge in [-0.3, -0.25) is 0 Å². The number of ether oxygens (including phenoxy) is 1. The Morgan fingerprint density at radius 3 is 3.12 bits per heavy atom. The van der Waals surface area contributed by atoms with Crippen LogP contribution >= 0.6 is 15.9 Å². The third-order valence-corrected chi connectivity index (χ3v) is 3.51. The number of halogens is 1. The minimum absolute atomic E-state index is 0.437. The van der Waals surface area contributed by atoms with E-state index in [1.807, 2.05) is 6.20 Å². The molecule has 2 rings (SSSR count). The Hall–Kier alpha value is -0.610. The maximum absolute atomic E-state index is 5.70. The molecule has 0 aliphatic carbocycles. The highest BCUT2D eigenvalue weighted by Gasteiger charge is 2.13. The Kier molecular flexibility index (Phi) is 4.80. The number of anilines is 1. The Balaban J connectivity index is 1.77. The van der Waals surface area contributed by atoms with Gasteiger partial charge in [0.2, 0.25) is 0 Å². The molecule has 1 unspecified atom stereocenters. The zero-order chi connectivity index (χ0) is 12.1. The second-order valence-corrected chi connectivity index (χ2v) is 5.44. The smallest absolute Gasteiger partial charge is 0.128 e. The zero-order valence-electron chi connectivity index (χ0n) is 10.2. The summed E-state index contributed by atoms with van der Waals surface area (Å²) in [7, 11) is 0. The van der Waals surface area contributed by atoms with Crippen molar-refractivity contribution in [1.29, 1.82) is 0 Å². The molecule has 0 saturated carbocycles. The van der Waals surface area contributed by atoms with E-state index in [4.69, 9.17) is 4.74 Å². The van der Waals surface area contributed by atoms with Crippen molar-refractivity contribution in [2.24, 2.45) is 0 Å². The summed E-state index contributed by atoms with van der Waals surface area (Å²) in [6.45, 7) is 3.93. The van der Waals surface area contributed by atoms with E-state index in [0.717, 1.165) is 29.9 Å². The van der Waals surface area contributed by atoms with Crippen molar-refractivity contribution >= 4 is 21.7 Å². The Morgan fingerprint density at radius 1 is 1.53 bits per heavy atom. The highest BCUT2D eigenvalue weighted by molar-refractivity contribution is 9.10. The van der Waals surface area contributed by atoms with E-state index in [2.05, 4.69) is 39.2 Å². The summed E-state index contributed by atoms with van der Waals surface area (Å²) in [5.74, 6) is 0.976. The largest absolute Gasteiger partial charge is 0.378 e. The predicted octanol–water partition coefficient (Wildman–Crippen LogP) is 3.52. The first-order valence-corrected chi connectivity index (χ1v) is 7.02. The normalized spacial score (nSPS) is 20.2. The van der Waals surface area contributed by atoms with Crippen LogP contribution < -0.4 is 5.32 Å². The zero-order valence-corrected chi connectivity index (χ0v) is 11.8. The molecule has 94 valence electrons. The van der Waals surface area contributed by atoms with Gasteiger partial charge < -0.3 is 10.1 Å². The molecule has 0 radical (unpaired) electrons. The molecule has 17 heavy (non-hydrogen) atoms. The van der Waals surface area contributed by atoms with Crippen molar-refractivity contribution in [3.05, 3.63) is 22.3 Å². The van der Waals surface area contributed by atoms with Crippen LogP contribution in [0.15, 0.2) is 16.7 Å². The number of nitrogens with zero attached hydrogens (tertiary/aromatic N) is 1. The van der Waals surface area contributed by atoms with E-state index in [1.54, 1.807) is 0 Å². The fraction of sp³-hybridized carbons (Fsp3) is 0.615. The molecule has 3 nitrogen and oxygen atoms in total. The number of rotatable bonds is 4. The van der Waals surface area contributed by atoms with Crippen molar-refractivity contribution in [2.75, 3.05) is 18.5 Å². The molecule has 1 atom stereocenters. The van der Waals surface area contributed by atoms with Gasteiger partial charge in [0.25, 0.3) is 0 Å². The van der Waals surface area contributed by atoms with Crippen molar-refractivity contribution in [1.82, 2.24) is 4.98 Å².